The van der Waals surface area contributed by atoms with Crippen molar-refractivity contribution in [2.75, 3.05) is 16.0 Å². The highest BCUT2D eigenvalue weighted by Crippen LogP contribution is 2.27. The molecule has 0 saturated carbocycles. The molecule has 130 valence electrons. The van der Waals surface area contributed by atoms with Gasteiger partial charge in [0.1, 0.15) is 0 Å². The summed E-state index contributed by atoms with van der Waals surface area (Å²) in [6, 6.07) is 9.98. The molecule has 2 rings (SSSR count). The van der Waals surface area contributed by atoms with E-state index in [0.29, 0.717) is 22.1 Å². The minimum absolute atomic E-state index is 0.193. The first-order chi connectivity index (χ1) is 11.8. The van der Waals surface area contributed by atoms with E-state index in [1.807, 2.05) is 13.0 Å². The number of hydrogen-bond donors (Lipinski definition) is 3. The van der Waals surface area contributed by atoms with Gasteiger partial charge in [-0.15, -0.1) is 0 Å². The average molecular weight is 360 g/mol. The van der Waals surface area contributed by atoms with Crippen molar-refractivity contribution in [2.45, 2.75) is 20.8 Å². The summed E-state index contributed by atoms with van der Waals surface area (Å²) < 4.78 is 0. The number of rotatable bonds is 3. The van der Waals surface area contributed by atoms with Crippen molar-refractivity contribution < 1.29 is 14.4 Å². The zero-order chi connectivity index (χ0) is 18.6. The lowest BCUT2D eigenvalue weighted by atomic mass is 10.1. The Balaban J connectivity index is 2.03. The van der Waals surface area contributed by atoms with E-state index >= 15 is 0 Å². The van der Waals surface area contributed by atoms with Crippen LogP contribution in [0.25, 0.3) is 0 Å². The molecule has 3 N–H and O–H groups in total. The summed E-state index contributed by atoms with van der Waals surface area (Å²) >= 11 is 6.12. The van der Waals surface area contributed by atoms with E-state index in [4.69, 9.17) is 11.6 Å². The molecule has 0 aromatic heterocycles. The van der Waals surface area contributed by atoms with Gasteiger partial charge >= 0.3 is 11.8 Å². The van der Waals surface area contributed by atoms with Gasteiger partial charge in [-0.3, -0.25) is 14.4 Å². The summed E-state index contributed by atoms with van der Waals surface area (Å²) in [4.78, 5) is 35.1. The lowest BCUT2D eigenvalue weighted by Crippen LogP contribution is -2.29. The zero-order valence-electron chi connectivity index (χ0n) is 14.1. The van der Waals surface area contributed by atoms with Crippen molar-refractivity contribution in [3.63, 3.8) is 0 Å². The summed E-state index contributed by atoms with van der Waals surface area (Å²) in [5, 5.41) is 7.99. The van der Waals surface area contributed by atoms with E-state index in [9.17, 15) is 14.4 Å². The van der Waals surface area contributed by atoms with E-state index in [-0.39, 0.29) is 5.91 Å². The van der Waals surface area contributed by atoms with Crippen LogP contribution in [0.15, 0.2) is 36.4 Å². The number of nitrogens with one attached hydrogen (secondary N) is 3. The van der Waals surface area contributed by atoms with E-state index in [1.165, 1.54) is 6.92 Å². The molecule has 7 heteroatoms. The van der Waals surface area contributed by atoms with Gasteiger partial charge in [-0.05, 0) is 55.3 Å². The molecule has 0 fully saturated rings. The Morgan fingerprint density at radius 3 is 1.88 bits per heavy atom. The van der Waals surface area contributed by atoms with Crippen molar-refractivity contribution in [1.82, 2.24) is 0 Å². The SMILES string of the molecule is CC(=O)Nc1ccc(NC(=O)C(=O)Nc2c(C)cc(C)cc2Cl)cc1. The fraction of sp³-hybridized carbons (Fsp3) is 0.167. The number of hydrogen-bond acceptors (Lipinski definition) is 3. The van der Waals surface area contributed by atoms with Crippen LogP contribution in [0.3, 0.4) is 0 Å². The van der Waals surface area contributed by atoms with Gasteiger partial charge < -0.3 is 16.0 Å². The molecule has 3 amide bonds. The maximum Gasteiger partial charge on any atom is 0.314 e. The first-order valence-corrected chi connectivity index (χ1v) is 7.91. The second-order valence-corrected chi connectivity index (χ2v) is 6.01. The van der Waals surface area contributed by atoms with E-state index in [1.54, 1.807) is 37.3 Å². The van der Waals surface area contributed by atoms with Gasteiger partial charge in [0.15, 0.2) is 0 Å². The quantitative estimate of drug-likeness (QED) is 0.733. The lowest BCUT2D eigenvalue weighted by Gasteiger charge is -2.12. The van der Waals surface area contributed by atoms with Gasteiger partial charge in [0.25, 0.3) is 0 Å². The molecule has 2 aromatic rings. The van der Waals surface area contributed by atoms with E-state index in [2.05, 4.69) is 16.0 Å². The normalized spacial score (nSPS) is 10.1. The fourth-order valence-electron chi connectivity index (χ4n) is 2.27. The van der Waals surface area contributed by atoms with Gasteiger partial charge in [-0.25, -0.2) is 0 Å². The molecule has 0 heterocycles. The van der Waals surface area contributed by atoms with Crippen LogP contribution in [0, 0.1) is 13.8 Å². The molecule has 0 unspecified atom stereocenters. The van der Waals surface area contributed by atoms with Crippen molar-refractivity contribution in [1.29, 1.82) is 0 Å². The molecule has 0 saturated heterocycles. The summed E-state index contributed by atoms with van der Waals surface area (Å²) in [5.41, 5.74) is 3.17. The van der Waals surface area contributed by atoms with Gasteiger partial charge in [0.05, 0.1) is 10.7 Å². The van der Waals surface area contributed by atoms with Crippen LogP contribution in [-0.4, -0.2) is 17.7 Å². The molecule has 0 radical (unpaired) electrons. The summed E-state index contributed by atoms with van der Waals surface area (Å²) in [7, 11) is 0. The molecule has 6 nitrogen and oxygen atoms in total. The third-order valence-corrected chi connectivity index (χ3v) is 3.64. The molecule has 0 bridgehead atoms. The molecule has 0 aliphatic rings. The van der Waals surface area contributed by atoms with E-state index < -0.39 is 11.8 Å². The van der Waals surface area contributed by atoms with Crippen LogP contribution in [0.5, 0.6) is 0 Å². The van der Waals surface area contributed by atoms with Crippen LogP contribution in [-0.2, 0) is 14.4 Å². The Hall–Kier alpha value is -2.86. The standard InChI is InChI=1S/C18H18ClN3O3/c1-10-8-11(2)16(15(19)9-10)22-18(25)17(24)21-14-6-4-13(5-7-14)20-12(3)23/h4-9H,1-3H3,(H,20,23)(H,21,24)(H,22,25). The Morgan fingerprint density at radius 1 is 0.840 bits per heavy atom. The molecule has 0 aliphatic carbocycles. The molecular formula is C18H18ClN3O3. The Labute approximate surface area is 150 Å². The highest BCUT2D eigenvalue weighted by molar-refractivity contribution is 6.45. The highest BCUT2D eigenvalue weighted by Gasteiger charge is 2.17. The number of carbonyl (C=O) groups is 3. The van der Waals surface area contributed by atoms with Gasteiger partial charge in [-0.2, -0.15) is 0 Å². The van der Waals surface area contributed by atoms with Gasteiger partial charge in [0.2, 0.25) is 5.91 Å². The fourth-order valence-corrected chi connectivity index (χ4v) is 2.64. The largest absolute Gasteiger partial charge is 0.326 e. The van der Waals surface area contributed by atoms with Crippen LogP contribution in [0.1, 0.15) is 18.1 Å². The van der Waals surface area contributed by atoms with Gasteiger partial charge in [-0.1, -0.05) is 17.7 Å². The number of amides is 3. The number of benzene rings is 2. The molecule has 0 aliphatic heterocycles. The van der Waals surface area contributed by atoms with Gasteiger partial charge in [0, 0.05) is 18.3 Å². The third kappa shape index (κ3) is 5.06. The van der Waals surface area contributed by atoms with Crippen LogP contribution in [0.4, 0.5) is 17.1 Å². The highest BCUT2D eigenvalue weighted by atomic mass is 35.5. The molecular weight excluding hydrogens is 342 g/mol. The number of carbonyl (C=O) groups excluding carboxylic acids is 3. The Kier molecular flexibility index (Phi) is 5.77. The Morgan fingerprint density at radius 2 is 1.36 bits per heavy atom. The smallest absolute Gasteiger partial charge is 0.314 e. The molecule has 0 atom stereocenters. The third-order valence-electron chi connectivity index (χ3n) is 3.34. The molecule has 2 aromatic carbocycles. The lowest BCUT2D eigenvalue weighted by molar-refractivity contribution is -0.133. The molecule has 0 spiro atoms. The number of anilines is 3. The van der Waals surface area contributed by atoms with E-state index in [0.717, 1.165) is 11.1 Å². The minimum Gasteiger partial charge on any atom is -0.326 e. The second kappa shape index (κ2) is 7.81. The summed E-state index contributed by atoms with van der Waals surface area (Å²) in [5.74, 6) is -1.83. The molecule has 25 heavy (non-hydrogen) atoms. The predicted octanol–water partition coefficient (Wildman–Crippen LogP) is 3.49. The maximum absolute atomic E-state index is 12.1. The second-order valence-electron chi connectivity index (χ2n) is 5.61. The maximum atomic E-state index is 12.1. The predicted molar refractivity (Wildman–Crippen MR) is 98.9 cm³/mol. The summed E-state index contributed by atoms with van der Waals surface area (Å²) in [6.45, 7) is 5.09. The first kappa shape index (κ1) is 18.5. The van der Waals surface area contributed by atoms with Crippen molar-refractivity contribution >= 4 is 46.4 Å². The Bertz CT molecular complexity index is 809. The van der Waals surface area contributed by atoms with Crippen LogP contribution in [0.2, 0.25) is 5.02 Å². The number of halogens is 1. The van der Waals surface area contributed by atoms with Crippen molar-refractivity contribution in [3.8, 4) is 0 Å². The topological polar surface area (TPSA) is 87.3 Å². The average Bonchev–Trinajstić information content (AvgIpc) is 2.52. The van der Waals surface area contributed by atoms with Crippen molar-refractivity contribution in [2.24, 2.45) is 0 Å². The number of aryl methyl sites for hydroxylation is 2. The first-order valence-electron chi connectivity index (χ1n) is 7.53. The minimum atomic E-state index is -0.820. The summed E-state index contributed by atoms with van der Waals surface area (Å²) in [6.07, 6.45) is 0. The van der Waals surface area contributed by atoms with Crippen LogP contribution < -0.4 is 16.0 Å². The van der Waals surface area contributed by atoms with Crippen LogP contribution >= 0.6 is 11.6 Å². The van der Waals surface area contributed by atoms with Crippen molar-refractivity contribution in [3.05, 3.63) is 52.5 Å². The monoisotopic (exact) mass is 359 g/mol. The zero-order valence-corrected chi connectivity index (χ0v) is 14.8.